The molecule has 3 atom stereocenters. The van der Waals surface area contributed by atoms with Gasteiger partial charge in [0.1, 0.15) is 0 Å². The maximum absolute atomic E-state index is 6.09. The third-order valence-corrected chi connectivity index (χ3v) is 6.17. The highest BCUT2D eigenvalue weighted by Gasteiger charge is 2.42. The maximum Gasteiger partial charge on any atom is 0.261 e. The summed E-state index contributed by atoms with van der Waals surface area (Å²) in [5.41, 5.74) is 8.19. The molecule has 4 rings (SSSR count). The number of rotatable bonds is 2. The number of thiophene rings is 1. The molecule has 20 heavy (non-hydrogen) atoms. The first kappa shape index (κ1) is 12.4. The van der Waals surface area contributed by atoms with Gasteiger partial charge in [-0.15, -0.1) is 11.3 Å². The molecule has 0 spiro atoms. The predicted molar refractivity (Wildman–Crippen MR) is 79.7 cm³/mol. The Morgan fingerprint density at radius 3 is 2.70 bits per heavy atom. The molecule has 4 nitrogen and oxygen atoms in total. The summed E-state index contributed by atoms with van der Waals surface area (Å²) in [6.07, 6.45) is 5.31. The van der Waals surface area contributed by atoms with Gasteiger partial charge in [0.15, 0.2) is 5.82 Å². The van der Waals surface area contributed by atoms with Crippen LogP contribution in [-0.4, -0.2) is 10.1 Å². The van der Waals surface area contributed by atoms with Gasteiger partial charge >= 0.3 is 0 Å². The van der Waals surface area contributed by atoms with Crippen molar-refractivity contribution in [3.63, 3.8) is 0 Å². The first-order valence-electron chi connectivity index (χ1n) is 7.33. The average molecular weight is 289 g/mol. The Labute approximate surface area is 122 Å². The molecule has 2 heterocycles. The highest BCUT2D eigenvalue weighted by molar-refractivity contribution is 7.16. The van der Waals surface area contributed by atoms with Crippen LogP contribution in [0.1, 0.15) is 47.9 Å². The molecule has 0 aromatic carbocycles. The lowest BCUT2D eigenvalue weighted by Crippen LogP contribution is -2.09. The second kappa shape index (κ2) is 4.32. The van der Waals surface area contributed by atoms with Crippen LogP contribution in [0.5, 0.6) is 0 Å². The van der Waals surface area contributed by atoms with E-state index in [4.69, 9.17) is 10.3 Å². The molecule has 2 aromatic rings. The zero-order chi connectivity index (χ0) is 13.9. The van der Waals surface area contributed by atoms with E-state index in [-0.39, 0.29) is 0 Å². The van der Waals surface area contributed by atoms with Crippen molar-refractivity contribution >= 4 is 16.3 Å². The van der Waals surface area contributed by atoms with E-state index < -0.39 is 0 Å². The highest BCUT2D eigenvalue weighted by Crippen LogP contribution is 2.52. The fraction of sp³-hybridized carbons (Fsp3) is 0.600. The normalized spacial score (nSPS) is 28.4. The van der Waals surface area contributed by atoms with E-state index in [2.05, 4.69) is 24.0 Å². The van der Waals surface area contributed by atoms with Gasteiger partial charge < -0.3 is 10.3 Å². The molecule has 2 fully saturated rings. The third kappa shape index (κ3) is 1.72. The predicted octanol–water partition coefficient (Wildman–Crippen LogP) is 3.90. The van der Waals surface area contributed by atoms with Gasteiger partial charge in [0.25, 0.3) is 5.89 Å². The van der Waals surface area contributed by atoms with Crippen molar-refractivity contribution in [3.05, 3.63) is 16.3 Å². The monoisotopic (exact) mass is 289 g/mol. The van der Waals surface area contributed by atoms with E-state index in [1.807, 2.05) is 0 Å². The number of aromatic nitrogens is 2. The summed E-state index contributed by atoms with van der Waals surface area (Å²) in [7, 11) is 0. The maximum atomic E-state index is 6.09. The number of nitrogens with zero attached hydrogens (tertiary/aromatic N) is 2. The zero-order valence-corrected chi connectivity index (χ0v) is 12.7. The summed E-state index contributed by atoms with van der Waals surface area (Å²) in [6.45, 7) is 4.14. The molecule has 2 aromatic heterocycles. The van der Waals surface area contributed by atoms with Crippen LogP contribution >= 0.6 is 11.3 Å². The Hall–Kier alpha value is -1.36. The van der Waals surface area contributed by atoms with Crippen LogP contribution in [0.3, 0.4) is 0 Å². The van der Waals surface area contributed by atoms with Gasteiger partial charge in [-0.25, -0.2) is 0 Å². The Morgan fingerprint density at radius 1 is 1.25 bits per heavy atom. The third-order valence-electron chi connectivity index (χ3n) is 5.14. The number of fused-ring (bicyclic) bond motifs is 2. The summed E-state index contributed by atoms with van der Waals surface area (Å²) >= 11 is 1.59. The lowest BCUT2D eigenvalue weighted by molar-refractivity contribution is 0.372. The van der Waals surface area contributed by atoms with E-state index in [1.54, 1.807) is 11.3 Å². The summed E-state index contributed by atoms with van der Waals surface area (Å²) in [5, 5.41) is 5.03. The lowest BCUT2D eigenvalue weighted by Gasteiger charge is -2.17. The van der Waals surface area contributed by atoms with Crippen molar-refractivity contribution in [2.45, 2.75) is 45.4 Å². The van der Waals surface area contributed by atoms with Crippen LogP contribution < -0.4 is 5.73 Å². The fourth-order valence-electron chi connectivity index (χ4n) is 3.97. The molecule has 106 valence electrons. The summed E-state index contributed by atoms with van der Waals surface area (Å²) in [5.74, 6) is 3.67. The van der Waals surface area contributed by atoms with E-state index in [1.165, 1.54) is 30.6 Å². The van der Waals surface area contributed by atoms with Crippen LogP contribution in [0.25, 0.3) is 11.5 Å². The molecule has 2 aliphatic rings. The standard InChI is InChI=1S/C15H19N3OS/c1-7-8(2)20-13(16)12(7)15-17-14(18-19-15)11-6-9-3-4-10(11)5-9/h9-11H,3-6,16H2,1-2H3. The van der Waals surface area contributed by atoms with Crippen molar-refractivity contribution in [1.29, 1.82) is 0 Å². The van der Waals surface area contributed by atoms with E-state index in [9.17, 15) is 0 Å². The van der Waals surface area contributed by atoms with E-state index in [0.29, 0.717) is 11.8 Å². The molecule has 0 radical (unpaired) electrons. The molecular weight excluding hydrogens is 270 g/mol. The molecular formula is C15H19N3OS. The summed E-state index contributed by atoms with van der Waals surface area (Å²) in [6, 6.07) is 0. The summed E-state index contributed by atoms with van der Waals surface area (Å²) < 4.78 is 5.51. The minimum absolute atomic E-state index is 0.507. The molecule has 0 amide bonds. The van der Waals surface area contributed by atoms with Crippen molar-refractivity contribution in [2.24, 2.45) is 11.8 Å². The molecule has 0 saturated heterocycles. The Bertz CT molecular complexity index is 660. The highest BCUT2D eigenvalue weighted by atomic mass is 32.1. The first-order chi connectivity index (χ1) is 9.63. The minimum Gasteiger partial charge on any atom is -0.390 e. The second-order valence-electron chi connectivity index (χ2n) is 6.26. The van der Waals surface area contributed by atoms with Gasteiger partial charge in [-0.1, -0.05) is 11.6 Å². The first-order valence-corrected chi connectivity index (χ1v) is 8.14. The van der Waals surface area contributed by atoms with Gasteiger partial charge in [0, 0.05) is 10.8 Å². The van der Waals surface area contributed by atoms with Gasteiger partial charge in [0.05, 0.1) is 10.6 Å². The second-order valence-corrected chi connectivity index (χ2v) is 7.52. The zero-order valence-electron chi connectivity index (χ0n) is 11.8. The molecule has 2 bridgehead atoms. The van der Waals surface area contributed by atoms with Crippen molar-refractivity contribution in [2.75, 3.05) is 5.73 Å². The average Bonchev–Trinajstić information content (AvgIpc) is 3.16. The quantitative estimate of drug-likeness (QED) is 0.910. The van der Waals surface area contributed by atoms with Crippen LogP contribution in [0.4, 0.5) is 5.00 Å². The van der Waals surface area contributed by atoms with Gasteiger partial charge in [-0.3, -0.25) is 0 Å². The number of hydrogen-bond donors (Lipinski definition) is 1. The number of aryl methyl sites for hydroxylation is 1. The number of hydrogen-bond acceptors (Lipinski definition) is 5. The molecule has 2 aliphatic carbocycles. The van der Waals surface area contributed by atoms with Crippen molar-refractivity contribution < 1.29 is 4.52 Å². The molecule has 5 heteroatoms. The smallest absolute Gasteiger partial charge is 0.261 e. The summed E-state index contributed by atoms with van der Waals surface area (Å²) in [4.78, 5) is 5.88. The number of nitrogens with two attached hydrogens (primary N) is 1. The largest absolute Gasteiger partial charge is 0.390 e. The minimum atomic E-state index is 0.507. The topological polar surface area (TPSA) is 64.9 Å². The lowest BCUT2D eigenvalue weighted by atomic mass is 9.88. The van der Waals surface area contributed by atoms with Gasteiger partial charge in [-0.05, 0) is 50.5 Å². The van der Waals surface area contributed by atoms with Crippen molar-refractivity contribution in [1.82, 2.24) is 10.1 Å². The van der Waals surface area contributed by atoms with Crippen molar-refractivity contribution in [3.8, 4) is 11.5 Å². The van der Waals surface area contributed by atoms with Crippen LogP contribution in [0.15, 0.2) is 4.52 Å². The fourth-order valence-corrected chi connectivity index (χ4v) is 4.89. The Kier molecular flexibility index (Phi) is 2.67. The van der Waals surface area contributed by atoms with E-state index in [0.717, 1.165) is 33.8 Å². The SMILES string of the molecule is Cc1sc(N)c(-c2nc(C3CC4CCC3C4)no2)c1C. The molecule has 0 aliphatic heterocycles. The Balaban J connectivity index is 1.68. The molecule has 3 unspecified atom stereocenters. The Morgan fingerprint density at radius 2 is 2.10 bits per heavy atom. The molecule has 2 saturated carbocycles. The molecule has 2 N–H and O–H groups in total. The van der Waals surface area contributed by atoms with Crippen LogP contribution in [-0.2, 0) is 0 Å². The van der Waals surface area contributed by atoms with Gasteiger partial charge in [-0.2, -0.15) is 4.98 Å². The van der Waals surface area contributed by atoms with Crippen LogP contribution in [0, 0.1) is 25.7 Å². The van der Waals surface area contributed by atoms with Crippen LogP contribution in [0.2, 0.25) is 0 Å². The number of nitrogen functional groups attached to an aromatic ring is 1. The van der Waals surface area contributed by atoms with Gasteiger partial charge in [0.2, 0.25) is 0 Å². The number of anilines is 1. The van der Waals surface area contributed by atoms with E-state index >= 15 is 0 Å².